The van der Waals surface area contributed by atoms with E-state index in [1.54, 1.807) is 5.57 Å². The first-order chi connectivity index (χ1) is 4.36. The van der Waals surface area contributed by atoms with E-state index < -0.39 is 0 Å². The molecule has 1 unspecified atom stereocenters. The largest absolute Gasteiger partial charge is 0.380 e. The highest BCUT2D eigenvalue weighted by Gasteiger charge is 2.26. The number of nitrogens with zero attached hydrogens (tertiary/aromatic N) is 1. The van der Waals surface area contributed by atoms with Crippen LogP contribution in [0.4, 0.5) is 0 Å². The van der Waals surface area contributed by atoms with Crippen molar-refractivity contribution in [2.24, 2.45) is 5.92 Å². The second-order valence-electron chi connectivity index (χ2n) is 3.23. The monoisotopic (exact) mass is 123 g/mol. The van der Waals surface area contributed by atoms with Crippen LogP contribution in [0, 0.1) is 5.92 Å². The summed E-state index contributed by atoms with van der Waals surface area (Å²) in [5, 5.41) is 0. The van der Waals surface area contributed by atoms with E-state index in [1.807, 2.05) is 0 Å². The van der Waals surface area contributed by atoms with E-state index in [9.17, 15) is 0 Å². The molecule has 0 spiro atoms. The average molecular weight is 123 g/mol. The standard InChI is InChI=1S/C8H13N/c1-9-5-7-3-2-4-8(7)6-9/h5,8H,2-4,6H2,1H3. The van der Waals surface area contributed by atoms with Crippen LogP contribution >= 0.6 is 0 Å². The second-order valence-corrected chi connectivity index (χ2v) is 3.23. The van der Waals surface area contributed by atoms with Gasteiger partial charge in [-0.15, -0.1) is 0 Å². The van der Waals surface area contributed by atoms with E-state index in [4.69, 9.17) is 0 Å². The maximum absolute atomic E-state index is 2.33. The molecule has 0 amide bonds. The highest BCUT2D eigenvalue weighted by molar-refractivity contribution is 5.16. The van der Waals surface area contributed by atoms with Crippen LogP contribution in [0.2, 0.25) is 0 Å². The predicted molar refractivity (Wildman–Crippen MR) is 38.1 cm³/mol. The Morgan fingerprint density at radius 1 is 1.67 bits per heavy atom. The van der Waals surface area contributed by atoms with Crippen LogP contribution in [0.15, 0.2) is 11.8 Å². The van der Waals surface area contributed by atoms with Crippen molar-refractivity contribution in [1.82, 2.24) is 4.90 Å². The van der Waals surface area contributed by atoms with Gasteiger partial charge < -0.3 is 4.90 Å². The molecule has 1 saturated carbocycles. The van der Waals surface area contributed by atoms with Crippen molar-refractivity contribution in [3.8, 4) is 0 Å². The molecular formula is C8H13N. The van der Waals surface area contributed by atoms with Crippen molar-refractivity contribution >= 4 is 0 Å². The van der Waals surface area contributed by atoms with Gasteiger partial charge >= 0.3 is 0 Å². The molecule has 1 fully saturated rings. The normalized spacial score (nSPS) is 32.8. The van der Waals surface area contributed by atoms with Crippen molar-refractivity contribution in [2.75, 3.05) is 13.6 Å². The third kappa shape index (κ3) is 0.752. The summed E-state index contributed by atoms with van der Waals surface area (Å²) in [6.07, 6.45) is 6.58. The molecule has 1 heterocycles. The van der Waals surface area contributed by atoms with Gasteiger partial charge in [-0.25, -0.2) is 0 Å². The Morgan fingerprint density at radius 3 is 3.33 bits per heavy atom. The minimum Gasteiger partial charge on any atom is -0.380 e. The molecule has 50 valence electrons. The molecule has 1 atom stereocenters. The van der Waals surface area contributed by atoms with Crippen molar-refractivity contribution in [2.45, 2.75) is 19.3 Å². The second kappa shape index (κ2) is 1.76. The van der Waals surface area contributed by atoms with E-state index in [0.29, 0.717) is 0 Å². The van der Waals surface area contributed by atoms with Gasteiger partial charge in [0.25, 0.3) is 0 Å². The summed E-state index contributed by atoms with van der Waals surface area (Å²) in [6.45, 7) is 1.29. The molecule has 1 nitrogen and oxygen atoms in total. The van der Waals surface area contributed by atoms with Gasteiger partial charge in [0, 0.05) is 13.6 Å². The van der Waals surface area contributed by atoms with Crippen LogP contribution in [0.5, 0.6) is 0 Å². The van der Waals surface area contributed by atoms with Crippen molar-refractivity contribution < 1.29 is 0 Å². The Hall–Kier alpha value is -0.460. The van der Waals surface area contributed by atoms with Gasteiger partial charge in [-0.2, -0.15) is 0 Å². The summed E-state index contributed by atoms with van der Waals surface area (Å²) in [5.74, 6) is 0.940. The van der Waals surface area contributed by atoms with Gasteiger partial charge in [0.2, 0.25) is 0 Å². The fraction of sp³-hybridized carbons (Fsp3) is 0.750. The highest BCUT2D eigenvalue weighted by atomic mass is 15.1. The molecule has 1 heteroatoms. The molecule has 1 aliphatic carbocycles. The summed E-state index contributed by atoms with van der Waals surface area (Å²) in [7, 11) is 2.17. The molecule has 2 aliphatic rings. The first kappa shape index (κ1) is 5.33. The van der Waals surface area contributed by atoms with Gasteiger partial charge in [-0.1, -0.05) is 0 Å². The molecule has 0 radical (unpaired) electrons. The topological polar surface area (TPSA) is 3.24 Å². The highest BCUT2D eigenvalue weighted by Crippen LogP contribution is 2.35. The summed E-state index contributed by atoms with van der Waals surface area (Å²) in [4.78, 5) is 2.32. The van der Waals surface area contributed by atoms with E-state index >= 15 is 0 Å². The van der Waals surface area contributed by atoms with Gasteiger partial charge in [0.1, 0.15) is 0 Å². The predicted octanol–water partition coefficient (Wildman–Crippen LogP) is 1.62. The van der Waals surface area contributed by atoms with E-state index in [-0.39, 0.29) is 0 Å². The van der Waals surface area contributed by atoms with Crippen LogP contribution in [0.25, 0.3) is 0 Å². The van der Waals surface area contributed by atoms with Crippen LogP contribution in [0.1, 0.15) is 19.3 Å². The van der Waals surface area contributed by atoms with Crippen LogP contribution in [-0.2, 0) is 0 Å². The quantitative estimate of drug-likeness (QED) is 0.473. The summed E-state index contributed by atoms with van der Waals surface area (Å²) >= 11 is 0. The van der Waals surface area contributed by atoms with Gasteiger partial charge in [0.15, 0.2) is 0 Å². The molecule has 0 aromatic heterocycles. The number of hydrogen-bond donors (Lipinski definition) is 0. The average Bonchev–Trinajstić information content (AvgIpc) is 2.22. The smallest absolute Gasteiger partial charge is 0.0235 e. The zero-order valence-corrected chi connectivity index (χ0v) is 5.93. The first-order valence-electron chi connectivity index (χ1n) is 3.77. The molecule has 0 saturated heterocycles. The van der Waals surface area contributed by atoms with E-state index in [1.165, 1.54) is 25.8 Å². The van der Waals surface area contributed by atoms with E-state index in [0.717, 1.165) is 5.92 Å². The Morgan fingerprint density at radius 2 is 2.56 bits per heavy atom. The summed E-state index contributed by atoms with van der Waals surface area (Å²) in [5.41, 5.74) is 1.71. The number of hydrogen-bond acceptors (Lipinski definition) is 1. The third-order valence-corrected chi connectivity index (χ3v) is 2.44. The van der Waals surface area contributed by atoms with Crippen molar-refractivity contribution in [3.63, 3.8) is 0 Å². The van der Waals surface area contributed by atoms with E-state index in [2.05, 4.69) is 18.1 Å². The zero-order chi connectivity index (χ0) is 6.27. The first-order valence-corrected chi connectivity index (χ1v) is 3.77. The van der Waals surface area contributed by atoms with Crippen LogP contribution in [-0.4, -0.2) is 18.5 Å². The van der Waals surface area contributed by atoms with Crippen LogP contribution in [0.3, 0.4) is 0 Å². The van der Waals surface area contributed by atoms with Gasteiger partial charge in [-0.3, -0.25) is 0 Å². The summed E-state index contributed by atoms with van der Waals surface area (Å²) in [6, 6.07) is 0. The fourth-order valence-electron chi connectivity index (χ4n) is 2.00. The lowest BCUT2D eigenvalue weighted by Crippen LogP contribution is -2.11. The minimum atomic E-state index is 0.940. The Labute approximate surface area is 56.4 Å². The molecule has 1 aliphatic heterocycles. The summed E-state index contributed by atoms with van der Waals surface area (Å²) < 4.78 is 0. The minimum absolute atomic E-state index is 0.940. The molecule has 9 heavy (non-hydrogen) atoms. The van der Waals surface area contributed by atoms with Crippen molar-refractivity contribution in [3.05, 3.63) is 11.8 Å². The number of rotatable bonds is 0. The lowest BCUT2D eigenvalue weighted by atomic mass is 10.1. The Kier molecular flexibility index (Phi) is 1.04. The molecule has 0 bridgehead atoms. The third-order valence-electron chi connectivity index (χ3n) is 2.44. The molecule has 0 aromatic rings. The Bertz CT molecular complexity index is 149. The fourth-order valence-corrected chi connectivity index (χ4v) is 2.00. The maximum Gasteiger partial charge on any atom is 0.0235 e. The maximum atomic E-state index is 2.33. The molecular weight excluding hydrogens is 110 g/mol. The SMILES string of the molecule is CN1C=C2CCCC2C1. The lowest BCUT2D eigenvalue weighted by Gasteiger charge is -2.08. The zero-order valence-electron chi connectivity index (χ0n) is 5.93. The molecule has 2 rings (SSSR count). The number of fused-ring (bicyclic) bond motifs is 1. The van der Waals surface area contributed by atoms with Gasteiger partial charge in [0.05, 0.1) is 0 Å². The molecule has 0 aromatic carbocycles. The van der Waals surface area contributed by atoms with Crippen LogP contribution < -0.4 is 0 Å². The molecule has 0 N–H and O–H groups in total. The Balaban J connectivity index is 2.18. The van der Waals surface area contributed by atoms with Crippen molar-refractivity contribution in [1.29, 1.82) is 0 Å². The van der Waals surface area contributed by atoms with Gasteiger partial charge in [-0.05, 0) is 37.0 Å². The lowest BCUT2D eigenvalue weighted by molar-refractivity contribution is 0.430.